The van der Waals surface area contributed by atoms with Gasteiger partial charge in [0.1, 0.15) is 0 Å². The number of aliphatic hydroxyl groups excluding tert-OH is 1. The summed E-state index contributed by atoms with van der Waals surface area (Å²) in [7, 11) is 1.24. The van der Waals surface area contributed by atoms with Crippen LogP contribution in [-0.2, 0) is 9.53 Å². The second-order valence-corrected chi connectivity index (χ2v) is 4.36. The Bertz CT molecular complexity index is 352. The number of aliphatic hydroxyl groups is 1. The predicted molar refractivity (Wildman–Crippen MR) is 76.2 cm³/mol. The number of methoxy groups -OCH3 is 1. The van der Waals surface area contributed by atoms with Crippen LogP contribution in [0.4, 0.5) is 0 Å². The first-order chi connectivity index (χ1) is 9.22. The lowest BCUT2D eigenvalue weighted by atomic mass is 10.1. The van der Waals surface area contributed by atoms with Gasteiger partial charge in [-0.25, -0.2) is 4.79 Å². The molecule has 0 aromatic carbocycles. The molecule has 0 heterocycles. The maximum Gasteiger partial charge on any atom is 0.335 e. The van der Waals surface area contributed by atoms with Gasteiger partial charge in [0.05, 0.1) is 7.11 Å². The highest BCUT2D eigenvalue weighted by Crippen LogP contribution is 2.05. The predicted octanol–water partition coefficient (Wildman–Crippen LogP) is 2.67. The van der Waals surface area contributed by atoms with Gasteiger partial charge in [0.25, 0.3) is 0 Å². The molecular weight excluding hydrogens is 240 g/mol. The Morgan fingerprint density at radius 1 is 1.11 bits per heavy atom. The highest BCUT2D eigenvalue weighted by atomic mass is 16.5. The molecule has 106 valence electrons. The Kier molecular flexibility index (Phi) is 12.0. The number of carbonyl (C=O) groups is 1. The van der Waals surface area contributed by atoms with Gasteiger partial charge in [0.15, 0.2) is 6.10 Å². The standard InChI is InChI=1S/C16H24O3/c1-3-4-5-6-7-8-9-10-11-12-13-14-15(17)16(18)19-2/h15,17H,3-9,14H2,1-2H3. The smallest absolute Gasteiger partial charge is 0.335 e. The molecule has 1 N–H and O–H groups in total. The monoisotopic (exact) mass is 264 g/mol. The SMILES string of the molecule is CCCCCCCCC#CC#CCC(O)C(=O)OC. The summed E-state index contributed by atoms with van der Waals surface area (Å²) >= 11 is 0. The fraction of sp³-hybridized carbons (Fsp3) is 0.688. The van der Waals surface area contributed by atoms with E-state index in [1.165, 1.54) is 39.2 Å². The minimum Gasteiger partial charge on any atom is -0.467 e. The van der Waals surface area contributed by atoms with Crippen molar-refractivity contribution in [1.82, 2.24) is 0 Å². The first kappa shape index (κ1) is 17.6. The maximum atomic E-state index is 10.8. The molecule has 0 rings (SSSR count). The molecular formula is C16H24O3. The number of rotatable bonds is 8. The van der Waals surface area contributed by atoms with Crippen LogP contribution in [0, 0.1) is 23.7 Å². The Morgan fingerprint density at radius 3 is 2.42 bits per heavy atom. The van der Waals surface area contributed by atoms with E-state index >= 15 is 0 Å². The van der Waals surface area contributed by atoms with Gasteiger partial charge in [-0.05, 0) is 18.3 Å². The Morgan fingerprint density at radius 2 is 1.74 bits per heavy atom. The van der Waals surface area contributed by atoms with Crippen molar-refractivity contribution in [1.29, 1.82) is 0 Å². The van der Waals surface area contributed by atoms with Crippen LogP contribution in [-0.4, -0.2) is 24.3 Å². The highest BCUT2D eigenvalue weighted by Gasteiger charge is 2.12. The van der Waals surface area contributed by atoms with Crippen LogP contribution < -0.4 is 0 Å². The topological polar surface area (TPSA) is 46.5 Å². The van der Waals surface area contributed by atoms with Crippen LogP contribution in [0.1, 0.15) is 58.3 Å². The first-order valence-corrected chi connectivity index (χ1v) is 6.94. The molecule has 0 fully saturated rings. The van der Waals surface area contributed by atoms with E-state index in [0.717, 1.165) is 12.8 Å². The third-order valence-corrected chi connectivity index (χ3v) is 2.66. The van der Waals surface area contributed by atoms with E-state index in [4.69, 9.17) is 0 Å². The summed E-state index contributed by atoms with van der Waals surface area (Å²) in [5.74, 6) is 10.3. The van der Waals surface area contributed by atoms with Crippen LogP contribution in [0.3, 0.4) is 0 Å². The molecule has 1 atom stereocenters. The molecule has 1 unspecified atom stereocenters. The second kappa shape index (κ2) is 13.0. The lowest BCUT2D eigenvalue weighted by Crippen LogP contribution is -2.20. The fourth-order valence-corrected chi connectivity index (χ4v) is 1.51. The molecule has 0 aromatic rings. The quantitative estimate of drug-likeness (QED) is 0.416. The second-order valence-electron chi connectivity index (χ2n) is 4.36. The number of unbranched alkanes of at least 4 members (excludes halogenated alkanes) is 6. The minimum atomic E-state index is -1.17. The summed E-state index contributed by atoms with van der Waals surface area (Å²) in [6.07, 6.45) is 7.29. The molecule has 3 heteroatoms. The zero-order valence-corrected chi connectivity index (χ0v) is 12.0. The molecule has 19 heavy (non-hydrogen) atoms. The van der Waals surface area contributed by atoms with Crippen LogP contribution in [0.2, 0.25) is 0 Å². The van der Waals surface area contributed by atoms with Crippen molar-refractivity contribution in [3.63, 3.8) is 0 Å². The lowest BCUT2D eigenvalue weighted by Gasteiger charge is -2.01. The van der Waals surface area contributed by atoms with Crippen molar-refractivity contribution < 1.29 is 14.6 Å². The summed E-state index contributed by atoms with van der Waals surface area (Å²) in [4.78, 5) is 10.8. The lowest BCUT2D eigenvalue weighted by molar-refractivity contribution is -0.150. The number of ether oxygens (including phenoxy) is 1. The molecule has 0 radical (unpaired) electrons. The van der Waals surface area contributed by atoms with E-state index in [9.17, 15) is 9.90 Å². The van der Waals surface area contributed by atoms with Gasteiger partial charge >= 0.3 is 5.97 Å². The Balaban J connectivity index is 3.57. The van der Waals surface area contributed by atoms with Crippen LogP contribution in [0.15, 0.2) is 0 Å². The largest absolute Gasteiger partial charge is 0.467 e. The molecule has 0 aliphatic rings. The molecule has 0 bridgehead atoms. The van der Waals surface area contributed by atoms with Crippen molar-refractivity contribution in [3.05, 3.63) is 0 Å². The number of carbonyl (C=O) groups excluding carboxylic acids is 1. The van der Waals surface area contributed by atoms with E-state index in [-0.39, 0.29) is 6.42 Å². The number of esters is 1. The molecule has 3 nitrogen and oxygen atoms in total. The van der Waals surface area contributed by atoms with Crippen molar-refractivity contribution >= 4 is 5.97 Å². The molecule has 0 aromatic heterocycles. The first-order valence-electron chi connectivity index (χ1n) is 6.94. The number of hydrogen-bond acceptors (Lipinski definition) is 3. The molecule has 0 aliphatic carbocycles. The summed E-state index contributed by atoms with van der Waals surface area (Å²) in [6, 6.07) is 0. The van der Waals surface area contributed by atoms with Crippen molar-refractivity contribution in [2.45, 2.75) is 64.4 Å². The normalized spacial score (nSPS) is 10.7. The summed E-state index contributed by atoms with van der Waals surface area (Å²) in [5, 5.41) is 9.24. The molecule has 0 aliphatic heterocycles. The van der Waals surface area contributed by atoms with Crippen molar-refractivity contribution in [2.75, 3.05) is 7.11 Å². The zero-order valence-electron chi connectivity index (χ0n) is 12.0. The average molecular weight is 264 g/mol. The third-order valence-electron chi connectivity index (χ3n) is 2.66. The van der Waals surface area contributed by atoms with Crippen LogP contribution >= 0.6 is 0 Å². The van der Waals surface area contributed by atoms with Crippen molar-refractivity contribution in [2.24, 2.45) is 0 Å². The van der Waals surface area contributed by atoms with Gasteiger partial charge in [0, 0.05) is 12.8 Å². The number of hydrogen-bond donors (Lipinski definition) is 1. The average Bonchev–Trinajstić information content (AvgIpc) is 2.43. The van der Waals surface area contributed by atoms with Crippen molar-refractivity contribution in [3.8, 4) is 23.7 Å². The molecule has 0 spiro atoms. The van der Waals surface area contributed by atoms with E-state index in [1.807, 2.05) is 0 Å². The van der Waals surface area contributed by atoms with E-state index in [2.05, 4.69) is 35.3 Å². The third kappa shape index (κ3) is 11.4. The van der Waals surface area contributed by atoms with E-state index in [0.29, 0.717) is 0 Å². The van der Waals surface area contributed by atoms with Gasteiger partial charge in [-0.15, -0.1) is 0 Å². The van der Waals surface area contributed by atoms with E-state index < -0.39 is 12.1 Å². The van der Waals surface area contributed by atoms with Gasteiger partial charge in [0.2, 0.25) is 0 Å². The van der Waals surface area contributed by atoms with Crippen LogP contribution in [0.5, 0.6) is 0 Å². The summed E-state index contributed by atoms with van der Waals surface area (Å²) in [5.41, 5.74) is 0. The Hall–Kier alpha value is -1.45. The van der Waals surface area contributed by atoms with E-state index in [1.54, 1.807) is 0 Å². The summed E-state index contributed by atoms with van der Waals surface area (Å²) in [6.45, 7) is 2.21. The zero-order chi connectivity index (χ0) is 14.3. The minimum absolute atomic E-state index is 0.0678. The highest BCUT2D eigenvalue weighted by molar-refractivity contribution is 5.74. The van der Waals surface area contributed by atoms with Gasteiger partial charge in [-0.2, -0.15) is 0 Å². The molecule has 0 saturated carbocycles. The Labute approximate surface area is 116 Å². The summed E-state index contributed by atoms with van der Waals surface area (Å²) < 4.78 is 4.37. The van der Waals surface area contributed by atoms with Crippen LogP contribution in [0.25, 0.3) is 0 Å². The van der Waals surface area contributed by atoms with Gasteiger partial charge < -0.3 is 9.84 Å². The molecule has 0 saturated heterocycles. The van der Waals surface area contributed by atoms with Gasteiger partial charge in [-0.3, -0.25) is 0 Å². The van der Waals surface area contributed by atoms with Gasteiger partial charge in [-0.1, -0.05) is 50.9 Å². The fourth-order valence-electron chi connectivity index (χ4n) is 1.51. The molecule has 0 amide bonds. The maximum absolute atomic E-state index is 10.8.